The van der Waals surface area contributed by atoms with Crippen molar-refractivity contribution >= 4 is 49.7 Å². The summed E-state index contributed by atoms with van der Waals surface area (Å²) in [5.41, 5.74) is 0. The normalized spacial score (nSPS) is 10.7. The maximum absolute atomic E-state index is 11.6. The van der Waals surface area contributed by atoms with E-state index in [0.29, 0.717) is 0 Å². The first kappa shape index (κ1) is 42.0. The van der Waals surface area contributed by atoms with Crippen LogP contribution in [0.5, 0.6) is 34.5 Å². The minimum absolute atomic E-state index is 0. The van der Waals surface area contributed by atoms with E-state index in [9.17, 15) is 28.4 Å². The molecule has 0 spiro atoms. The second-order valence-corrected chi connectivity index (χ2v) is 13.5. The summed E-state index contributed by atoms with van der Waals surface area (Å²) in [5.74, 6) is 1.34. The van der Waals surface area contributed by atoms with Crippen molar-refractivity contribution in [3.63, 3.8) is 0 Å². The van der Waals surface area contributed by atoms with Crippen LogP contribution in [0.3, 0.4) is 0 Å². The van der Waals surface area contributed by atoms with Gasteiger partial charge in [0.05, 0.1) is 0 Å². The van der Waals surface area contributed by atoms with Crippen LogP contribution < -0.4 is 41.8 Å². The molecule has 0 amide bonds. The monoisotopic (exact) mass is 956 g/mol. The fourth-order valence-corrected chi connectivity index (χ4v) is 6.11. The van der Waals surface area contributed by atoms with Crippen molar-refractivity contribution in [2.75, 3.05) is 0 Å². The summed E-state index contributed by atoms with van der Waals surface area (Å²) in [5, 5.41) is 0. The molecule has 0 atom stereocenters. The Morgan fingerprint density at radius 2 is 0.385 bits per heavy atom. The second-order valence-electron chi connectivity index (χ2n) is 9.77. The van der Waals surface area contributed by atoms with Gasteiger partial charge >= 0.3 is 49.7 Å². The van der Waals surface area contributed by atoms with E-state index in [0.717, 1.165) is 0 Å². The van der Waals surface area contributed by atoms with Crippen molar-refractivity contribution in [1.82, 2.24) is 0 Å². The summed E-state index contributed by atoms with van der Waals surface area (Å²) in [4.78, 5) is 34.7. The van der Waals surface area contributed by atoms with Crippen LogP contribution in [0.4, 0.5) is 0 Å². The molecule has 16 heteroatoms. The fraction of sp³-hybridized carbons (Fsp3) is 0. The standard InChI is InChI=1S/3C12H11O4P.Bi/c3*13-17(14,15-11-7-3-1-4-8-11)16-12-9-5-2-6-10-12;/h3*1-10H,(H,13,14);/q;;;+3/p-3. The Morgan fingerprint density at radius 3 is 0.500 bits per heavy atom. The zero-order valence-corrected chi connectivity index (χ0v) is 33.2. The Kier molecular flexibility index (Phi) is 17.1. The van der Waals surface area contributed by atoms with Gasteiger partial charge in [0.2, 0.25) is 0 Å². The van der Waals surface area contributed by atoms with E-state index in [1.807, 2.05) is 0 Å². The van der Waals surface area contributed by atoms with E-state index in [1.165, 1.54) is 0 Å². The Balaban J connectivity index is 0.000000208. The molecule has 6 rings (SSSR count). The predicted octanol–water partition coefficient (Wildman–Crippen LogP) is 7.46. The van der Waals surface area contributed by atoms with E-state index < -0.39 is 23.5 Å². The third-order valence-electron chi connectivity index (χ3n) is 5.76. The van der Waals surface area contributed by atoms with Crippen molar-refractivity contribution in [1.29, 1.82) is 0 Å². The van der Waals surface area contributed by atoms with Gasteiger partial charge in [-0.05, 0) is 72.8 Å². The van der Waals surface area contributed by atoms with Gasteiger partial charge in [0.25, 0.3) is 0 Å². The average Bonchev–Trinajstić information content (AvgIpc) is 3.10. The SMILES string of the molecule is O=P([O-])(Oc1ccccc1)Oc1ccccc1.O=P([O-])(Oc1ccccc1)Oc1ccccc1.O=P([O-])(Oc1ccccc1)Oc1ccccc1.[Bi+3]. The summed E-state index contributed by atoms with van der Waals surface area (Å²) in [6.45, 7) is 0. The third kappa shape index (κ3) is 16.7. The molecule has 6 aromatic rings. The molecule has 0 N–H and O–H groups in total. The smallest absolute Gasteiger partial charge is 0.736 e. The van der Waals surface area contributed by atoms with Gasteiger partial charge in [-0.2, -0.15) is 0 Å². The molecule has 0 aliphatic rings. The molecule has 0 heterocycles. The maximum Gasteiger partial charge on any atom is 3.00 e. The van der Waals surface area contributed by atoms with E-state index in [4.69, 9.17) is 27.1 Å². The quantitative estimate of drug-likeness (QED) is 0.0876. The Morgan fingerprint density at radius 1 is 0.269 bits per heavy atom. The summed E-state index contributed by atoms with van der Waals surface area (Å²) in [6.07, 6.45) is 0. The van der Waals surface area contributed by atoms with Gasteiger partial charge in [0, 0.05) is 0 Å². The molecule has 2 radical (unpaired) electrons. The predicted molar refractivity (Wildman–Crippen MR) is 191 cm³/mol. The van der Waals surface area contributed by atoms with Gasteiger partial charge < -0.3 is 41.8 Å². The number of para-hydroxylation sites is 6. The van der Waals surface area contributed by atoms with Crippen LogP contribution in [0.2, 0.25) is 0 Å². The van der Waals surface area contributed by atoms with Gasteiger partial charge in [-0.25, -0.2) is 13.7 Å². The number of phosphoric ester groups is 3. The minimum Gasteiger partial charge on any atom is -0.736 e. The van der Waals surface area contributed by atoms with Crippen LogP contribution >= 0.6 is 23.5 Å². The van der Waals surface area contributed by atoms with Crippen molar-refractivity contribution < 1.29 is 55.5 Å². The van der Waals surface area contributed by atoms with E-state index in [1.54, 1.807) is 182 Å². The number of phosphoric acid groups is 3. The summed E-state index contributed by atoms with van der Waals surface area (Å²) < 4.78 is 63.4. The van der Waals surface area contributed by atoms with Gasteiger partial charge in [0.1, 0.15) is 34.5 Å². The summed E-state index contributed by atoms with van der Waals surface area (Å²) >= 11 is 0. The number of hydrogen-bond acceptors (Lipinski definition) is 12. The molecule has 0 aliphatic heterocycles. The first-order chi connectivity index (χ1) is 24.5. The van der Waals surface area contributed by atoms with Crippen molar-refractivity contribution in [3.8, 4) is 34.5 Å². The summed E-state index contributed by atoms with van der Waals surface area (Å²) in [7, 11) is -13.2. The minimum atomic E-state index is -4.39. The molecule has 52 heavy (non-hydrogen) atoms. The van der Waals surface area contributed by atoms with Crippen LogP contribution in [-0.2, 0) is 13.7 Å². The summed E-state index contributed by atoms with van der Waals surface area (Å²) in [6, 6.07) is 49.2. The van der Waals surface area contributed by atoms with E-state index in [2.05, 4.69) is 0 Å². The Hall–Kier alpha value is -4.43. The maximum atomic E-state index is 11.6. The van der Waals surface area contributed by atoms with Crippen molar-refractivity contribution in [2.24, 2.45) is 0 Å². The molecule has 0 unspecified atom stereocenters. The number of benzene rings is 6. The fourth-order valence-electron chi connectivity index (χ4n) is 3.72. The molecule has 266 valence electrons. The van der Waals surface area contributed by atoms with Crippen molar-refractivity contribution in [3.05, 3.63) is 182 Å². The largest absolute Gasteiger partial charge is 3.00 e. The first-order valence-electron chi connectivity index (χ1n) is 14.9. The van der Waals surface area contributed by atoms with Crippen LogP contribution in [0.15, 0.2) is 182 Å². The molecule has 0 aliphatic carbocycles. The topological polar surface area (TPSA) is 176 Å². The second kappa shape index (κ2) is 21.2. The average molecular weight is 957 g/mol. The van der Waals surface area contributed by atoms with E-state index in [-0.39, 0.29) is 60.7 Å². The Bertz CT molecular complexity index is 1640. The van der Waals surface area contributed by atoms with Crippen LogP contribution in [0.1, 0.15) is 0 Å². The van der Waals surface area contributed by atoms with Gasteiger partial charge in [-0.15, -0.1) is 0 Å². The zero-order chi connectivity index (χ0) is 36.4. The van der Waals surface area contributed by atoms with Gasteiger partial charge in [0.15, 0.2) is 0 Å². The van der Waals surface area contributed by atoms with Crippen LogP contribution in [-0.4, -0.2) is 26.2 Å². The molecular weight excluding hydrogens is 926 g/mol. The molecule has 0 fully saturated rings. The first-order valence-corrected chi connectivity index (χ1v) is 19.3. The molecule has 0 bridgehead atoms. The molecular formula is C36H30BiO12P3. The molecule has 0 aromatic heterocycles. The van der Waals surface area contributed by atoms with Crippen molar-refractivity contribution in [2.45, 2.75) is 0 Å². The van der Waals surface area contributed by atoms with E-state index >= 15 is 0 Å². The number of hydrogen-bond donors (Lipinski definition) is 0. The van der Waals surface area contributed by atoms with Gasteiger partial charge in [-0.1, -0.05) is 109 Å². The zero-order valence-electron chi connectivity index (χ0n) is 27.0. The van der Waals surface area contributed by atoms with Crippen LogP contribution in [0.25, 0.3) is 0 Å². The number of rotatable bonds is 12. The van der Waals surface area contributed by atoms with Crippen LogP contribution in [0, 0.1) is 0 Å². The van der Waals surface area contributed by atoms with Gasteiger partial charge in [-0.3, -0.25) is 0 Å². The third-order valence-corrected chi connectivity index (χ3v) is 8.37. The molecule has 6 aromatic carbocycles. The Labute approximate surface area is 320 Å². The molecule has 12 nitrogen and oxygen atoms in total. The molecule has 0 saturated carbocycles. The molecule has 0 saturated heterocycles.